The van der Waals surface area contributed by atoms with E-state index in [1.165, 1.54) is 38.0 Å². The minimum absolute atomic E-state index is 0.527. The van der Waals surface area contributed by atoms with E-state index in [4.69, 9.17) is 0 Å². The highest BCUT2D eigenvalue weighted by atomic mass is 32.2. The molecule has 0 spiro atoms. The molecule has 0 radical (unpaired) electrons. The van der Waals surface area contributed by atoms with E-state index in [2.05, 4.69) is 29.3 Å². The SMILES string of the molecule is CC1(CNCCNC2CC2)CCCS1. The minimum atomic E-state index is 0.527. The zero-order valence-corrected chi connectivity index (χ0v) is 9.96. The first-order valence-corrected chi connectivity index (χ1v) is 6.85. The lowest BCUT2D eigenvalue weighted by molar-refractivity contribution is 0.524. The van der Waals surface area contributed by atoms with Crippen molar-refractivity contribution in [3.63, 3.8) is 0 Å². The molecular weight excluding hydrogens is 192 g/mol. The van der Waals surface area contributed by atoms with Gasteiger partial charge in [-0.05, 0) is 38.4 Å². The quantitative estimate of drug-likeness (QED) is 0.657. The first kappa shape index (κ1) is 10.8. The Labute approximate surface area is 91.6 Å². The predicted octanol–water partition coefficient (Wildman–Crippen LogP) is 1.61. The van der Waals surface area contributed by atoms with Gasteiger partial charge < -0.3 is 10.6 Å². The molecule has 0 aromatic rings. The van der Waals surface area contributed by atoms with Crippen LogP contribution in [0.2, 0.25) is 0 Å². The highest BCUT2D eigenvalue weighted by Crippen LogP contribution is 2.36. The largest absolute Gasteiger partial charge is 0.314 e. The molecule has 1 saturated heterocycles. The number of hydrogen-bond acceptors (Lipinski definition) is 3. The summed E-state index contributed by atoms with van der Waals surface area (Å²) in [5.41, 5.74) is 0. The fraction of sp³-hybridized carbons (Fsp3) is 1.00. The fourth-order valence-corrected chi connectivity index (χ4v) is 3.26. The summed E-state index contributed by atoms with van der Waals surface area (Å²) in [5.74, 6) is 1.36. The lowest BCUT2D eigenvalue weighted by Crippen LogP contribution is -2.37. The molecule has 1 unspecified atom stereocenters. The van der Waals surface area contributed by atoms with E-state index < -0.39 is 0 Å². The molecule has 2 aliphatic rings. The normalized spacial score (nSPS) is 32.4. The van der Waals surface area contributed by atoms with Gasteiger partial charge in [-0.1, -0.05) is 0 Å². The van der Waals surface area contributed by atoms with Crippen molar-refractivity contribution >= 4 is 11.8 Å². The highest BCUT2D eigenvalue weighted by molar-refractivity contribution is 8.00. The minimum Gasteiger partial charge on any atom is -0.314 e. The van der Waals surface area contributed by atoms with E-state index >= 15 is 0 Å². The van der Waals surface area contributed by atoms with Crippen molar-refractivity contribution in [3.05, 3.63) is 0 Å². The number of hydrogen-bond donors (Lipinski definition) is 2. The van der Waals surface area contributed by atoms with E-state index in [-0.39, 0.29) is 0 Å². The van der Waals surface area contributed by atoms with E-state index in [1.807, 2.05) is 0 Å². The van der Waals surface area contributed by atoms with Gasteiger partial charge in [-0.2, -0.15) is 11.8 Å². The standard InChI is InChI=1S/C11H22N2S/c1-11(5-2-8-14-11)9-12-6-7-13-10-3-4-10/h10,12-13H,2-9H2,1H3. The lowest BCUT2D eigenvalue weighted by atomic mass is 10.1. The molecule has 14 heavy (non-hydrogen) atoms. The summed E-state index contributed by atoms with van der Waals surface area (Å²) >= 11 is 2.14. The molecule has 2 nitrogen and oxygen atoms in total. The molecule has 1 aliphatic carbocycles. The van der Waals surface area contributed by atoms with Crippen molar-refractivity contribution in [2.75, 3.05) is 25.4 Å². The van der Waals surface area contributed by atoms with Crippen molar-refractivity contribution < 1.29 is 0 Å². The van der Waals surface area contributed by atoms with Crippen LogP contribution in [0.5, 0.6) is 0 Å². The summed E-state index contributed by atoms with van der Waals surface area (Å²) < 4.78 is 0.527. The fourth-order valence-electron chi connectivity index (χ4n) is 1.98. The second kappa shape index (κ2) is 4.86. The van der Waals surface area contributed by atoms with Crippen LogP contribution < -0.4 is 10.6 Å². The summed E-state index contributed by atoms with van der Waals surface area (Å²) in [5, 5.41) is 7.09. The summed E-state index contributed by atoms with van der Waals surface area (Å²) in [6, 6.07) is 0.855. The molecule has 2 fully saturated rings. The van der Waals surface area contributed by atoms with Crippen LogP contribution in [0.1, 0.15) is 32.6 Å². The molecule has 0 amide bonds. The Morgan fingerprint density at radius 1 is 1.36 bits per heavy atom. The van der Waals surface area contributed by atoms with Crippen LogP contribution in [0.4, 0.5) is 0 Å². The molecule has 1 atom stereocenters. The second-order valence-corrected chi connectivity index (χ2v) is 6.49. The average Bonchev–Trinajstić information content (AvgIpc) is 2.89. The molecule has 2 rings (SSSR count). The zero-order chi connectivity index (χ0) is 9.86. The van der Waals surface area contributed by atoms with Crippen molar-refractivity contribution in [3.8, 4) is 0 Å². The Morgan fingerprint density at radius 2 is 2.21 bits per heavy atom. The van der Waals surface area contributed by atoms with Gasteiger partial charge in [-0.3, -0.25) is 0 Å². The van der Waals surface area contributed by atoms with Crippen molar-refractivity contribution in [2.45, 2.75) is 43.4 Å². The lowest BCUT2D eigenvalue weighted by Gasteiger charge is -2.22. The Balaban J connectivity index is 1.48. The maximum atomic E-state index is 3.57. The van der Waals surface area contributed by atoms with Gasteiger partial charge in [0, 0.05) is 30.4 Å². The van der Waals surface area contributed by atoms with Gasteiger partial charge in [-0.25, -0.2) is 0 Å². The maximum Gasteiger partial charge on any atom is 0.0256 e. The second-order valence-electron chi connectivity index (χ2n) is 4.81. The molecule has 3 heteroatoms. The smallest absolute Gasteiger partial charge is 0.0256 e. The van der Waals surface area contributed by atoms with Crippen molar-refractivity contribution in [2.24, 2.45) is 0 Å². The van der Waals surface area contributed by atoms with Crippen LogP contribution in [-0.4, -0.2) is 36.2 Å². The van der Waals surface area contributed by atoms with Gasteiger partial charge in [0.15, 0.2) is 0 Å². The topological polar surface area (TPSA) is 24.1 Å². The summed E-state index contributed by atoms with van der Waals surface area (Å²) in [6.45, 7) is 5.86. The van der Waals surface area contributed by atoms with Crippen LogP contribution in [0, 0.1) is 0 Å². The Kier molecular flexibility index (Phi) is 3.74. The number of nitrogens with one attached hydrogen (secondary N) is 2. The summed E-state index contributed by atoms with van der Waals surface area (Å²) in [6.07, 6.45) is 5.59. The molecule has 1 aliphatic heterocycles. The molecule has 0 aromatic carbocycles. The molecule has 1 heterocycles. The molecule has 0 bridgehead atoms. The molecule has 0 aromatic heterocycles. The van der Waals surface area contributed by atoms with Gasteiger partial charge in [0.25, 0.3) is 0 Å². The van der Waals surface area contributed by atoms with E-state index in [1.54, 1.807) is 0 Å². The van der Waals surface area contributed by atoms with Crippen LogP contribution >= 0.6 is 11.8 Å². The van der Waals surface area contributed by atoms with Crippen molar-refractivity contribution in [1.82, 2.24) is 10.6 Å². The van der Waals surface area contributed by atoms with Gasteiger partial charge in [-0.15, -0.1) is 0 Å². The van der Waals surface area contributed by atoms with Gasteiger partial charge >= 0.3 is 0 Å². The van der Waals surface area contributed by atoms with Crippen molar-refractivity contribution in [1.29, 1.82) is 0 Å². The number of thioether (sulfide) groups is 1. The monoisotopic (exact) mass is 214 g/mol. The Hall–Kier alpha value is 0.270. The highest BCUT2D eigenvalue weighted by Gasteiger charge is 2.28. The summed E-state index contributed by atoms with van der Waals surface area (Å²) in [4.78, 5) is 0. The number of rotatable bonds is 6. The van der Waals surface area contributed by atoms with Gasteiger partial charge in [0.1, 0.15) is 0 Å². The molecule has 82 valence electrons. The van der Waals surface area contributed by atoms with Crippen LogP contribution in [-0.2, 0) is 0 Å². The van der Waals surface area contributed by atoms with E-state index in [0.29, 0.717) is 4.75 Å². The first-order valence-electron chi connectivity index (χ1n) is 5.87. The van der Waals surface area contributed by atoms with E-state index in [0.717, 1.165) is 19.1 Å². The van der Waals surface area contributed by atoms with Crippen LogP contribution in [0.3, 0.4) is 0 Å². The van der Waals surface area contributed by atoms with Gasteiger partial charge in [0.05, 0.1) is 0 Å². The van der Waals surface area contributed by atoms with Crippen LogP contribution in [0.25, 0.3) is 0 Å². The maximum absolute atomic E-state index is 3.57. The third-order valence-electron chi connectivity index (χ3n) is 3.11. The summed E-state index contributed by atoms with van der Waals surface area (Å²) in [7, 11) is 0. The Morgan fingerprint density at radius 3 is 2.86 bits per heavy atom. The molecule has 1 saturated carbocycles. The third-order valence-corrected chi connectivity index (χ3v) is 4.65. The average molecular weight is 214 g/mol. The Bertz CT molecular complexity index is 174. The first-order chi connectivity index (χ1) is 6.79. The predicted molar refractivity (Wildman–Crippen MR) is 64.0 cm³/mol. The molecule has 2 N–H and O–H groups in total. The third kappa shape index (κ3) is 3.44. The zero-order valence-electron chi connectivity index (χ0n) is 9.14. The van der Waals surface area contributed by atoms with Crippen LogP contribution in [0.15, 0.2) is 0 Å². The van der Waals surface area contributed by atoms with Gasteiger partial charge in [0.2, 0.25) is 0 Å². The van der Waals surface area contributed by atoms with E-state index in [9.17, 15) is 0 Å². The molecular formula is C11H22N2S.